The number of carboxylic acids is 5. The number of carbonyl (C=O) groups is 5. The van der Waals surface area contributed by atoms with Gasteiger partial charge in [0.25, 0.3) is 0 Å². The Labute approximate surface area is 189 Å². The summed E-state index contributed by atoms with van der Waals surface area (Å²) >= 11 is 0. The molecule has 0 saturated carbocycles. The number of hydrogen-bond donors (Lipinski definition) is 10. The van der Waals surface area contributed by atoms with Gasteiger partial charge in [-0.2, -0.15) is 0 Å². The molecule has 31 heavy (non-hydrogen) atoms. The van der Waals surface area contributed by atoms with Crippen LogP contribution in [-0.4, -0.2) is 111 Å². The molecule has 5 unspecified atom stereocenters. The van der Waals surface area contributed by atoms with Crippen LogP contribution in [0, 0.1) is 0 Å². The predicted molar refractivity (Wildman–Crippen MR) is 96.6 cm³/mol. The smallest absolute Gasteiger partial charge is 0.332 e. The molecule has 10 N–H and O–H groups in total. The minimum absolute atomic E-state index is 0. The molecule has 185 valence electrons. The quantitative estimate of drug-likeness (QED) is 0.183. The molecule has 0 bridgehead atoms. The maximum atomic E-state index is 9.45. The molecule has 0 heterocycles. The number of aliphatic carboxylic acids is 5. The standard InChI is InChI=1S/5C3H6O3.V/c5*1-2(4)3(5)6;/h5*2,4H,1H3,(H,5,6);. The summed E-state index contributed by atoms with van der Waals surface area (Å²) in [6, 6.07) is 0. The van der Waals surface area contributed by atoms with Crippen molar-refractivity contribution in [2.45, 2.75) is 65.1 Å². The second-order valence-electron chi connectivity index (χ2n) is 5.07. The predicted octanol–water partition coefficient (Wildman–Crippen LogP) is -2.74. The van der Waals surface area contributed by atoms with Crippen LogP contribution in [0.2, 0.25) is 0 Å². The molecule has 16 heteroatoms. The summed E-state index contributed by atoms with van der Waals surface area (Å²) in [6.07, 6.45) is -6.16. The van der Waals surface area contributed by atoms with Gasteiger partial charge in [-0.15, -0.1) is 0 Å². The molecule has 0 aliphatic heterocycles. The Hall–Kier alpha value is -2.27. The van der Waals surface area contributed by atoms with Crippen LogP contribution < -0.4 is 0 Å². The van der Waals surface area contributed by atoms with Gasteiger partial charge in [-0.25, -0.2) is 24.0 Å². The fraction of sp³-hybridized carbons (Fsp3) is 0.667. The minimum atomic E-state index is -1.23. The molecule has 0 rings (SSSR count). The van der Waals surface area contributed by atoms with Gasteiger partial charge in [0.05, 0.1) is 0 Å². The number of aliphatic hydroxyl groups excluding tert-OH is 5. The first kappa shape index (κ1) is 42.8. The van der Waals surface area contributed by atoms with Crippen molar-refractivity contribution in [3.05, 3.63) is 0 Å². The molecule has 0 aromatic carbocycles. The fourth-order valence-corrected chi connectivity index (χ4v) is 0. The first-order chi connectivity index (χ1) is 13.2. The molecule has 0 amide bonds. The summed E-state index contributed by atoms with van der Waals surface area (Å²) in [5.41, 5.74) is 0. The van der Waals surface area contributed by atoms with Crippen LogP contribution >= 0.6 is 0 Å². The zero-order chi connectivity index (χ0) is 25.8. The first-order valence-electron chi connectivity index (χ1n) is 7.76. The van der Waals surface area contributed by atoms with Crippen molar-refractivity contribution in [1.82, 2.24) is 0 Å². The topological polar surface area (TPSA) is 288 Å². The second-order valence-corrected chi connectivity index (χ2v) is 5.07. The van der Waals surface area contributed by atoms with Crippen LogP contribution in [0.25, 0.3) is 0 Å². The summed E-state index contributed by atoms with van der Waals surface area (Å²) in [4.78, 5) is 47.2. The Balaban J connectivity index is -0.0000000625. The molecule has 0 aliphatic carbocycles. The summed E-state index contributed by atoms with van der Waals surface area (Å²) < 4.78 is 0. The van der Waals surface area contributed by atoms with Gasteiger partial charge in [-0.3, -0.25) is 0 Å². The number of carboxylic acid groups (broad SMARTS) is 5. The Morgan fingerprint density at radius 2 is 0.419 bits per heavy atom. The van der Waals surface area contributed by atoms with Crippen molar-refractivity contribution in [1.29, 1.82) is 0 Å². The van der Waals surface area contributed by atoms with Crippen molar-refractivity contribution in [2.24, 2.45) is 0 Å². The minimum Gasteiger partial charge on any atom is -0.479 e. The van der Waals surface area contributed by atoms with E-state index in [4.69, 9.17) is 51.1 Å². The van der Waals surface area contributed by atoms with Gasteiger partial charge >= 0.3 is 29.8 Å². The van der Waals surface area contributed by atoms with Gasteiger partial charge < -0.3 is 51.1 Å². The summed E-state index contributed by atoms with van der Waals surface area (Å²) in [5.74, 6) is -5.93. The van der Waals surface area contributed by atoms with Gasteiger partial charge in [0.1, 0.15) is 30.5 Å². The van der Waals surface area contributed by atoms with Crippen LogP contribution in [0.5, 0.6) is 0 Å². The fourth-order valence-electron chi connectivity index (χ4n) is 0. The van der Waals surface area contributed by atoms with E-state index in [0.717, 1.165) is 0 Å². The first-order valence-corrected chi connectivity index (χ1v) is 7.76. The van der Waals surface area contributed by atoms with E-state index in [1.807, 2.05) is 0 Å². The van der Waals surface area contributed by atoms with Gasteiger partial charge in [0.15, 0.2) is 0 Å². The zero-order valence-electron chi connectivity index (χ0n) is 17.3. The van der Waals surface area contributed by atoms with Crippen molar-refractivity contribution >= 4 is 29.8 Å². The third-order valence-corrected chi connectivity index (χ3v) is 1.79. The molecular weight excluding hydrogens is 471 g/mol. The Morgan fingerprint density at radius 3 is 0.419 bits per heavy atom. The van der Waals surface area contributed by atoms with E-state index in [1.165, 1.54) is 34.6 Å². The molecule has 0 fully saturated rings. The summed E-state index contributed by atoms with van der Waals surface area (Å²) in [6.45, 7) is 5.98. The zero-order valence-corrected chi connectivity index (χ0v) is 18.7. The molecule has 0 aliphatic rings. The third kappa shape index (κ3) is 58.4. The number of aliphatic hydroxyl groups is 5. The Bertz CT molecular complexity index is 396. The van der Waals surface area contributed by atoms with Crippen LogP contribution in [0.15, 0.2) is 0 Å². The van der Waals surface area contributed by atoms with E-state index in [9.17, 15) is 24.0 Å². The average molecular weight is 501 g/mol. The Morgan fingerprint density at radius 1 is 0.387 bits per heavy atom. The molecule has 0 spiro atoms. The Kier molecular flexibility index (Phi) is 35.5. The van der Waals surface area contributed by atoms with Crippen molar-refractivity contribution in [2.75, 3.05) is 0 Å². The van der Waals surface area contributed by atoms with Gasteiger partial charge in [0.2, 0.25) is 0 Å². The van der Waals surface area contributed by atoms with Crippen molar-refractivity contribution in [3.63, 3.8) is 0 Å². The molecule has 1 radical (unpaired) electrons. The van der Waals surface area contributed by atoms with E-state index in [2.05, 4.69) is 0 Å². The van der Waals surface area contributed by atoms with E-state index in [0.29, 0.717) is 0 Å². The SMILES string of the molecule is CC(O)C(=O)O.CC(O)C(=O)O.CC(O)C(=O)O.CC(O)C(=O)O.CC(O)C(=O)O.[V]. The van der Waals surface area contributed by atoms with Crippen LogP contribution in [0.4, 0.5) is 0 Å². The second kappa shape index (κ2) is 25.8. The van der Waals surface area contributed by atoms with Crippen LogP contribution in [0.1, 0.15) is 34.6 Å². The van der Waals surface area contributed by atoms with E-state index >= 15 is 0 Å². The monoisotopic (exact) mass is 501 g/mol. The van der Waals surface area contributed by atoms with Gasteiger partial charge in [0, 0.05) is 18.6 Å². The van der Waals surface area contributed by atoms with Crippen molar-refractivity contribution < 1.29 is 93.6 Å². The maximum absolute atomic E-state index is 9.45. The third-order valence-electron chi connectivity index (χ3n) is 1.79. The van der Waals surface area contributed by atoms with E-state index in [-0.39, 0.29) is 18.6 Å². The molecule has 0 aromatic heterocycles. The summed E-state index contributed by atoms with van der Waals surface area (Å²) in [7, 11) is 0. The normalized spacial score (nSPS) is 13.2. The van der Waals surface area contributed by atoms with Gasteiger partial charge in [-0.05, 0) is 34.6 Å². The molecule has 5 atom stereocenters. The van der Waals surface area contributed by atoms with Gasteiger partial charge in [-0.1, -0.05) is 0 Å². The van der Waals surface area contributed by atoms with E-state index in [1.54, 1.807) is 0 Å². The number of hydrogen-bond acceptors (Lipinski definition) is 10. The van der Waals surface area contributed by atoms with Crippen LogP contribution in [-0.2, 0) is 42.5 Å². The number of rotatable bonds is 5. The molecule has 0 saturated heterocycles. The largest absolute Gasteiger partial charge is 0.479 e. The maximum Gasteiger partial charge on any atom is 0.332 e. The average Bonchev–Trinajstić information content (AvgIpc) is 2.56. The molecular formula is C15H30O15V. The summed E-state index contributed by atoms with van der Waals surface area (Å²) in [5, 5.41) is 78.9. The van der Waals surface area contributed by atoms with E-state index < -0.39 is 60.4 Å². The molecule has 15 nitrogen and oxygen atoms in total. The molecule has 0 aromatic rings. The van der Waals surface area contributed by atoms with Crippen molar-refractivity contribution in [3.8, 4) is 0 Å². The van der Waals surface area contributed by atoms with Crippen LogP contribution in [0.3, 0.4) is 0 Å².